The van der Waals surface area contributed by atoms with Crippen molar-refractivity contribution in [1.82, 2.24) is 4.98 Å². The van der Waals surface area contributed by atoms with Crippen LogP contribution in [0.4, 0.5) is 0 Å². The van der Waals surface area contributed by atoms with E-state index in [1.54, 1.807) is 7.11 Å². The summed E-state index contributed by atoms with van der Waals surface area (Å²) >= 11 is 3.24. The average molecular weight is 270 g/mol. The Morgan fingerprint density at radius 1 is 1.47 bits per heavy atom. The Labute approximate surface area is 96.2 Å². The van der Waals surface area contributed by atoms with Crippen LogP contribution in [0.2, 0.25) is 0 Å². The number of aliphatic hydroxyl groups excluding tert-OH is 1. The molecule has 4 heteroatoms. The van der Waals surface area contributed by atoms with Gasteiger partial charge in [0.25, 0.3) is 0 Å². The fraction of sp³-hybridized carbons (Fsp3) is 0.273. The lowest BCUT2D eigenvalue weighted by Crippen LogP contribution is -1.97. The zero-order valence-electron chi connectivity index (χ0n) is 8.33. The van der Waals surface area contributed by atoms with Crippen molar-refractivity contribution in [3.05, 3.63) is 30.0 Å². The number of aromatic nitrogens is 1. The van der Waals surface area contributed by atoms with Crippen molar-refractivity contribution >= 4 is 26.8 Å². The summed E-state index contributed by atoms with van der Waals surface area (Å²) in [7, 11) is 1.64. The Balaban J connectivity index is 2.46. The SMILES string of the molecule is COc1ccc2cc(C(O)CBr)[nH]c2c1. The summed E-state index contributed by atoms with van der Waals surface area (Å²) in [5, 5.41) is 11.2. The molecule has 1 atom stereocenters. The van der Waals surface area contributed by atoms with E-state index in [-0.39, 0.29) is 0 Å². The lowest BCUT2D eigenvalue weighted by atomic mass is 10.2. The molecule has 2 N–H and O–H groups in total. The summed E-state index contributed by atoms with van der Waals surface area (Å²) in [5.74, 6) is 0.809. The third-order valence-corrected chi connectivity index (χ3v) is 2.97. The topological polar surface area (TPSA) is 45.2 Å². The minimum atomic E-state index is -0.497. The van der Waals surface area contributed by atoms with Crippen molar-refractivity contribution in [3.8, 4) is 5.75 Å². The van der Waals surface area contributed by atoms with E-state index in [0.717, 1.165) is 22.3 Å². The van der Waals surface area contributed by atoms with Crippen molar-refractivity contribution in [2.45, 2.75) is 6.10 Å². The molecule has 0 saturated heterocycles. The highest BCUT2D eigenvalue weighted by molar-refractivity contribution is 9.09. The first kappa shape index (κ1) is 10.5. The van der Waals surface area contributed by atoms with Crippen molar-refractivity contribution in [1.29, 1.82) is 0 Å². The van der Waals surface area contributed by atoms with Gasteiger partial charge >= 0.3 is 0 Å². The van der Waals surface area contributed by atoms with Crippen LogP contribution in [0, 0.1) is 0 Å². The molecule has 0 amide bonds. The highest BCUT2D eigenvalue weighted by atomic mass is 79.9. The number of nitrogens with one attached hydrogen (secondary N) is 1. The van der Waals surface area contributed by atoms with Gasteiger partial charge in [0.2, 0.25) is 0 Å². The third kappa shape index (κ3) is 2.01. The molecule has 15 heavy (non-hydrogen) atoms. The second-order valence-electron chi connectivity index (χ2n) is 3.35. The minimum Gasteiger partial charge on any atom is -0.497 e. The number of rotatable bonds is 3. The van der Waals surface area contributed by atoms with Crippen LogP contribution in [0.1, 0.15) is 11.8 Å². The molecule has 0 fully saturated rings. The monoisotopic (exact) mass is 269 g/mol. The van der Waals surface area contributed by atoms with Crippen LogP contribution < -0.4 is 4.74 Å². The van der Waals surface area contributed by atoms with Crippen molar-refractivity contribution in [2.24, 2.45) is 0 Å². The first-order valence-electron chi connectivity index (χ1n) is 4.65. The maximum atomic E-state index is 9.65. The number of methoxy groups -OCH3 is 1. The van der Waals surface area contributed by atoms with Crippen molar-refractivity contribution in [3.63, 3.8) is 0 Å². The molecule has 3 nitrogen and oxygen atoms in total. The smallest absolute Gasteiger partial charge is 0.120 e. The summed E-state index contributed by atoms with van der Waals surface area (Å²) in [6, 6.07) is 7.73. The molecule has 0 aliphatic rings. The molecule has 0 radical (unpaired) electrons. The number of halogens is 1. The summed E-state index contributed by atoms with van der Waals surface area (Å²) in [5.41, 5.74) is 1.79. The predicted molar refractivity (Wildman–Crippen MR) is 63.6 cm³/mol. The van der Waals surface area contributed by atoms with Gasteiger partial charge in [0.05, 0.1) is 7.11 Å². The van der Waals surface area contributed by atoms with Gasteiger partial charge in [-0.25, -0.2) is 0 Å². The Morgan fingerprint density at radius 2 is 2.27 bits per heavy atom. The standard InChI is InChI=1S/C11H12BrNO2/c1-15-8-3-2-7-4-10(11(14)6-12)13-9(7)5-8/h2-5,11,13-14H,6H2,1H3. The summed E-state index contributed by atoms with van der Waals surface area (Å²) < 4.78 is 5.13. The number of hydrogen-bond donors (Lipinski definition) is 2. The zero-order valence-corrected chi connectivity index (χ0v) is 9.91. The minimum absolute atomic E-state index is 0.497. The number of aromatic amines is 1. The molecular weight excluding hydrogens is 258 g/mol. The third-order valence-electron chi connectivity index (χ3n) is 2.36. The van der Waals surface area contributed by atoms with Crippen molar-refractivity contribution in [2.75, 3.05) is 12.4 Å². The molecule has 0 bridgehead atoms. The molecule has 1 unspecified atom stereocenters. The van der Waals surface area contributed by atoms with Gasteiger partial charge in [-0.2, -0.15) is 0 Å². The Morgan fingerprint density at radius 3 is 2.93 bits per heavy atom. The van der Waals surface area contributed by atoms with E-state index >= 15 is 0 Å². The van der Waals surface area contributed by atoms with Gasteiger partial charge in [-0.05, 0) is 18.2 Å². The van der Waals surface area contributed by atoms with Gasteiger partial charge < -0.3 is 14.8 Å². The van der Waals surface area contributed by atoms with Gasteiger partial charge in [0.15, 0.2) is 0 Å². The van der Waals surface area contributed by atoms with E-state index in [9.17, 15) is 5.11 Å². The molecule has 2 rings (SSSR count). The quantitative estimate of drug-likeness (QED) is 0.842. The van der Waals surface area contributed by atoms with Crippen LogP contribution >= 0.6 is 15.9 Å². The number of aliphatic hydroxyl groups is 1. The Hall–Kier alpha value is -1.00. The van der Waals surface area contributed by atoms with E-state index in [0.29, 0.717) is 5.33 Å². The van der Waals surface area contributed by atoms with Gasteiger partial charge in [-0.3, -0.25) is 0 Å². The second-order valence-corrected chi connectivity index (χ2v) is 4.00. The molecule has 80 valence electrons. The molecule has 2 aromatic rings. The fourth-order valence-corrected chi connectivity index (χ4v) is 1.87. The van der Waals surface area contributed by atoms with E-state index < -0.39 is 6.10 Å². The van der Waals surface area contributed by atoms with Gasteiger partial charge in [0.1, 0.15) is 11.9 Å². The number of alkyl halides is 1. The summed E-state index contributed by atoms with van der Waals surface area (Å²) in [6.45, 7) is 0. The Bertz CT molecular complexity index is 467. The molecule has 0 aliphatic carbocycles. The van der Waals surface area contributed by atoms with E-state index in [1.807, 2.05) is 24.3 Å². The number of hydrogen-bond acceptors (Lipinski definition) is 2. The molecular formula is C11H12BrNO2. The first-order chi connectivity index (χ1) is 7.24. The van der Waals surface area contributed by atoms with Crippen molar-refractivity contribution < 1.29 is 9.84 Å². The number of fused-ring (bicyclic) bond motifs is 1. The average Bonchev–Trinajstić information content (AvgIpc) is 2.70. The number of benzene rings is 1. The molecule has 0 aliphatic heterocycles. The second kappa shape index (κ2) is 4.24. The maximum Gasteiger partial charge on any atom is 0.120 e. The van der Waals surface area contributed by atoms with Crippen LogP contribution in [-0.2, 0) is 0 Å². The molecule has 0 saturated carbocycles. The highest BCUT2D eigenvalue weighted by Gasteiger charge is 2.09. The van der Waals surface area contributed by atoms with Crippen LogP contribution in [0.25, 0.3) is 10.9 Å². The van der Waals surface area contributed by atoms with E-state index in [1.165, 1.54) is 0 Å². The predicted octanol–water partition coefficient (Wildman–Crippen LogP) is 2.60. The lowest BCUT2D eigenvalue weighted by molar-refractivity contribution is 0.201. The largest absolute Gasteiger partial charge is 0.497 e. The summed E-state index contributed by atoms with van der Waals surface area (Å²) in [4.78, 5) is 3.16. The van der Waals surface area contributed by atoms with E-state index in [4.69, 9.17) is 4.74 Å². The number of ether oxygens (including phenoxy) is 1. The Kier molecular flexibility index (Phi) is 2.98. The van der Waals surface area contributed by atoms with Gasteiger partial charge in [-0.15, -0.1) is 0 Å². The van der Waals surface area contributed by atoms with Gasteiger partial charge in [0, 0.05) is 28.0 Å². The molecule has 1 aromatic heterocycles. The fourth-order valence-electron chi connectivity index (χ4n) is 1.52. The molecule has 1 aromatic carbocycles. The van der Waals surface area contributed by atoms with Crippen LogP contribution in [0.3, 0.4) is 0 Å². The first-order valence-corrected chi connectivity index (χ1v) is 5.77. The summed E-state index contributed by atoms with van der Waals surface area (Å²) in [6.07, 6.45) is -0.497. The number of H-pyrrole nitrogens is 1. The van der Waals surface area contributed by atoms with Crippen LogP contribution in [-0.4, -0.2) is 22.5 Å². The van der Waals surface area contributed by atoms with E-state index in [2.05, 4.69) is 20.9 Å². The van der Waals surface area contributed by atoms with Crippen LogP contribution in [0.5, 0.6) is 5.75 Å². The molecule has 1 heterocycles. The zero-order chi connectivity index (χ0) is 10.8. The molecule has 0 spiro atoms. The lowest BCUT2D eigenvalue weighted by Gasteiger charge is -2.01. The normalized spacial score (nSPS) is 13.0. The van der Waals surface area contributed by atoms with Gasteiger partial charge in [-0.1, -0.05) is 15.9 Å². The maximum absolute atomic E-state index is 9.65. The highest BCUT2D eigenvalue weighted by Crippen LogP contribution is 2.24. The van der Waals surface area contributed by atoms with Crippen LogP contribution in [0.15, 0.2) is 24.3 Å².